The number of aliphatic hydroxyl groups excluding tert-OH is 2. The Bertz CT molecular complexity index is 520. The van der Waals surface area contributed by atoms with Gasteiger partial charge in [-0.25, -0.2) is 0 Å². The third-order valence-electron chi connectivity index (χ3n) is 2.17. The van der Waals surface area contributed by atoms with E-state index in [0.29, 0.717) is 0 Å². The van der Waals surface area contributed by atoms with Gasteiger partial charge < -0.3 is 10.2 Å². The third-order valence-corrected chi connectivity index (χ3v) is 3.00. The van der Waals surface area contributed by atoms with E-state index in [1.54, 1.807) is 6.07 Å². The minimum absolute atomic E-state index is 0.208. The quantitative estimate of drug-likeness (QED) is 0.774. The van der Waals surface area contributed by atoms with Crippen LogP contribution in [0.15, 0.2) is 29.2 Å². The van der Waals surface area contributed by atoms with Crippen LogP contribution in [0.3, 0.4) is 0 Å². The number of hydrogen-bond acceptors (Lipinski definition) is 5. The molecule has 0 aliphatic heterocycles. The van der Waals surface area contributed by atoms with Crippen molar-refractivity contribution in [2.24, 2.45) is 0 Å². The standard InChI is InChI=1S/C10H10FNO4S/c11-17(15,16)8-3-1-7(2-4-8)10(14)9(13)5-6-12/h1-4,9-10,13-14H,5H2. The van der Waals surface area contributed by atoms with Gasteiger partial charge in [-0.3, -0.25) is 0 Å². The van der Waals surface area contributed by atoms with Gasteiger partial charge >= 0.3 is 10.2 Å². The van der Waals surface area contributed by atoms with Crippen molar-refractivity contribution >= 4 is 10.2 Å². The van der Waals surface area contributed by atoms with Crippen LogP contribution in [0, 0.1) is 11.3 Å². The molecule has 5 nitrogen and oxygen atoms in total. The van der Waals surface area contributed by atoms with Crippen molar-refractivity contribution in [2.75, 3.05) is 0 Å². The van der Waals surface area contributed by atoms with Crippen LogP contribution in [0.1, 0.15) is 18.1 Å². The lowest BCUT2D eigenvalue weighted by atomic mass is 10.0. The van der Waals surface area contributed by atoms with E-state index in [4.69, 9.17) is 5.26 Å². The molecular weight excluding hydrogens is 249 g/mol. The van der Waals surface area contributed by atoms with Crippen molar-refractivity contribution in [1.82, 2.24) is 0 Å². The summed E-state index contributed by atoms with van der Waals surface area (Å²) < 4.78 is 33.6. The van der Waals surface area contributed by atoms with Gasteiger partial charge in [0.05, 0.1) is 23.5 Å². The van der Waals surface area contributed by atoms with E-state index in [1.165, 1.54) is 12.1 Å². The second-order valence-electron chi connectivity index (χ2n) is 3.38. The number of rotatable bonds is 4. The van der Waals surface area contributed by atoms with Crippen molar-refractivity contribution in [1.29, 1.82) is 5.26 Å². The molecule has 1 aromatic rings. The second-order valence-corrected chi connectivity index (χ2v) is 4.73. The van der Waals surface area contributed by atoms with Gasteiger partial charge in [-0.2, -0.15) is 13.7 Å². The highest BCUT2D eigenvalue weighted by Gasteiger charge is 2.19. The molecule has 0 heterocycles. The van der Waals surface area contributed by atoms with E-state index >= 15 is 0 Å². The molecule has 0 spiro atoms. The highest BCUT2D eigenvalue weighted by atomic mass is 32.3. The van der Waals surface area contributed by atoms with Gasteiger partial charge in [0.2, 0.25) is 0 Å². The molecule has 0 aliphatic carbocycles. The molecule has 17 heavy (non-hydrogen) atoms. The average molecular weight is 259 g/mol. The summed E-state index contributed by atoms with van der Waals surface area (Å²) in [6, 6.07) is 6.00. The minimum atomic E-state index is -4.77. The Morgan fingerprint density at radius 3 is 2.24 bits per heavy atom. The summed E-state index contributed by atoms with van der Waals surface area (Å²) in [6.45, 7) is 0. The lowest BCUT2D eigenvalue weighted by molar-refractivity contribution is 0.0216. The van der Waals surface area contributed by atoms with E-state index < -0.39 is 27.3 Å². The van der Waals surface area contributed by atoms with Crippen molar-refractivity contribution in [3.63, 3.8) is 0 Å². The smallest absolute Gasteiger partial charge is 0.332 e. The van der Waals surface area contributed by atoms with Gasteiger partial charge in [0.25, 0.3) is 0 Å². The van der Waals surface area contributed by atoms with Crippen LogP contribution in [0.25, 0.3) is 0 Å². The predicted octanol–water partition coefficient (Wildman–Crippen LogP) is 0.653. The lowest BCUT2D eigenvalue weighted by Gasteiger charge is -2.15. The average Bonchev–Trinajstić information content (AvgIpc) is 2.27. The molecule has 0 fully saturated rings. The SMILES string of the molecule is N#CCC(O)C(O)c1ccc(S(=O)(=O)F)cc1. The summed E-state index contributed by atoms with van der Waals surface area (Å²) in [7, 11) is -4.77. The summed E-state index contributed by atoms with van der Waals surface area (Å²) in [4.78, 5) is -0.525. The topological polar surface area (TPSA) is 98.4 Å². The van der Waals surface area contributed by atoms with Crippen LogP contribution in [0.2, 0.25) is 0 Å². The van der Waals surface area contributed by atoms with Crippen LogP contribution in [-0.2, 0) is 10.2 Å². The molecule has 2 unspecified atom stereocenters. The third kappa shape index (κ3) is 3.49. The number of hydrogen-bond donors (Lipinski definition) is 2. The largest absolute Gasteiger partial charge is 0.389 e. The maximum Gasteiger partial charge on any atom is 0.332 e. The molecule has 92 valence electrons. The fourth-order valence-electron chi connectivity index (χ4n) is 1.25. The monoisotopic (exact) mass is 259 g/mol. The van der Waals surface area contributed by atoms with Gasteiger partial charge in [0.15, 0.2) is 0 Å². The summed E-state index contributed by atoms with van der Waals surface area (Å²) in [5, 5.41) is 27.2. The minimum Gasteiger partial charge on any atom is -0.389 e. The van der Waals surface area contributed by atoms with E-state index in [1.807, 2.05) is 0 Å². The highest BCUT2D eigenvalue weighted by molar-refractivity contribution is 7.86. The molecule has 0 bridgehead atoms. The zero-order valence-corrected chi connectivity index (χ0v) is 9.43. The van der Waals surface area contributed by atoms with E-state index in [-0.39, 0.29) is 12.0 Å². The summed E-state index contributed by atoms with van der Waals surface area (Å²) >= 11 is 0. The fraction of sp³-hybridized carbons (Fsp3) is 0.300. The number of aliphatic hydroxyl groups is 2. The van der Waals surface area contributed by atoms with Gasteiger partial charge in [-0.1, -0.05) is 12.1 Å². The van der Waals surface area contributed by atoms with Crippen molar-refractivity contribution < 1.29 is 22.5 Å². The highest BCUT2D eigenvalue weighted by Crippen LogP contribution is 2.21. The van der Waals surface area contributed by atoms with E-state index in [9.17, 15) is 22.5 Å². The number of benzene rings is 1. The van der Waals surface area contributed by atoms with E-state index in [0.717, 1.165) is 12.1 Å². The Hall–Kier alpha value is -1.49. The first kappa shape index (κ1) is 13.6. The summed E-state index contributed by atoms with van der Waals surface area (Å²) in [6.07, 6.45) is -2.84. The Balaban J connectivity index is 2.92. The molecule has 2 atom stereocenters. The van der Waals surface area contributed by atoms with Crippen LogP contribution in [-0.4, -0.2) is 24.7 Å². The molecule has 0 saturated carbocycles. The Labute approximate surface area is 98.0 Å². The van der Waals surface area contributed by atoms with Crippen LogP contribution in [0.5, 0.6) is 0 Å². The summed E-state index contributed by atoms with van der Waals surface area (Å²) in [5.74, 6) is 0. The number of nitriles is 1. The van der Waals surface area contributed by atoms with Gasteiger partial charge in [0.1, 0.15) is 6.10 Å². The molecule has 0 aliphatic rings. The van der Waals surface area contributed by atoms with Crippen molar-refractivity contribution in [2.45, 2.75) is 23.5 Å². The van der Waals surface area contributed by atoms with Crippen molar-refractivity contribution in [3.05, 3.63) is 29.8 Å². The summed E-state index contributed by atoms with van der Waals surface area (Å²) in [5.41, 5.74) is 0.208. The Kier molecular flexibility index (Phi) is 4.17. The molecule has 0 amide bonds. The van der Waals surface area contributed by atoms with Crippen LogP contribution >= 0.6 is 0 Å². The van der Waals surface area contributed by atoms with Gasteiger partial charge in [-0.15, -0.1) is 3.89 Å². The molecular formula is C10H10FNO4S. The molecule has 0 saturated heterocycles. The van der Waals surface area contributed by atoms with Crippen LogP contribution in [0.4, 0.5) is 3.89 Å². The zero-order valence-electron chi connectivity index (χ0n) is 8.62. The molecule has 0 radical (unpaired) electrons. The first-order valence-electron chi connectivity index (χ1n) is 4.64. The Morgan fingerprint density at radius 2 is 1.82 bits per heavy atom. The number of nitrogens with zero attached hydrogens (tertiary/aromatic N) is 1. The van der Waals surface area contributed by atoms with Gasteiger partial charge in [-0.05, 0) is 17.7 Å². The molecule has 1 rings (SSSR count). The van der Waals surface area contributed by atoms with E-state index in [2.05, 4.69) is 0 Å². The second kappa shape index (κ2) is 5.23. The zero-order chi connectivity index (χ0) is 13.1. The maximum atomic E-state index is 12.6. The fourth-order valence-corrected chi connectivity index (χ4v) is 1.72. The maximum absolute atomic E-state index is 12.6. The lowest BCUT2D eigenvalue weighted by Crippen LogP contribution is -2.17. The van der Waals surface area contributed by atoms with Crippen molar-refractivity contribution in [3.8, 4) is 6.07 Å². The molecule has 2 N–H and O–H groups in total. The normalized spacial score (nSPS) is 14.9. The van der Waals surface area contributed by atoms with Gasteiger partial charge in [0, 0.05) is 0 Å². The Morgan fingerprint density at radius 1 is 1.29 bits per heavy atom. The molecule has 0 aromatic heterocycles. The molecule has 7 heteroatoms. The first-order chi connectivity index (χ1) is 7.86. The first-order valence-corrected chi connectivity index (χ1v) is 6.02. The number of halogens is 1. The van der Waals surface area contributed by atoms with Crippen LogP contribution < -0.4 is 0 Å². The molecule has 1 aromatic carbocycles. The predicted molar refractivity (Wildman–Crippen MR) is 55.9 cm³/mol.